The smallest absolute Gasteiger partial charge is 0.223 e. The molecule has 0 aliphatic carbocycles. The Morgan fingerprint density at radius 1 is 1.00 bits per heavy atom. The number of carbonyl (C=O) groups excluding carboxylic acids is 2. The fourth-order valence-corrected chi connectivity index (χ4v) is 3.72. The number of anilines is 1. The molecule has 2 amide bonds. The Hall–Kier alpha value is -2.15. The van der Waals surface area contributed by atoms with Crippen LogP contribution in [0.3, 0.4) is 0 Å². The van der Waals surface area contributed by atoms with Crippen molar-refractivity contribution in [2.75, 3.05) is 50.7 Å². The highest BCUT2D eigenvalue weighted by molar-refractivity contribution is 5.77. The number of primary amides is 1. The monoisotopic (exact) mass is 362 g/mol. The first kappa shape index (κ1) is 18.6. The average molecular weight is 362 g/mol. The largest absolute Gasteiger partial charge is 0.369 e. The molecule has 2 fully saturated rings. The van der Waals surface area contributed by atoms with Gasteiger partial charge >= 0.3 is 0 Å². The van der Waals surface area contributed by atoms with Crippen LogP contribution in [0.5, 0.6) is 0 Å². The highest BCUT2D eigenvalue weighted by Gasteiger charge is 2.25. The number of piperidine rings is 1. The Morgan fingerprint density at radius 2 is 1.62 bits per heavy atom. The number of likely N-dealkylation sites (tertiary alicyclic amines) is 1. The predicted octanol–water partition coefficient (Wildman–Crippen LogP) is 1.06. The molecule has 142 valence electrons. The lowest BCUT2D eigenvalue weighted by atomic mass is 9.96. The molecule has 1 aromatic rings. The molecule has 1 aromatic carbocycles. The molecular formula is C19H27FN4O2. The van der Waals surface area contributed by atoms with Crippen LogP contribution in [-0.4, -0.2) is 67.4 Å². The van der Waals surface area contributed by atoms with Crippen LogP contribution in [0.1, 0.15) is 19.3 Å². The molecular weight excluding hydrogens is 335 g/mol. The molecule has 3 rings (SSSR count). The third-order valence-electron chi connectivity index (χ3n) is 5.46. The summed E-state index contributed by atoms with van der Waals surface area (Å²) in [7, 11) is 0. The van der Waals surface area contributed by atoms with E-state index < -0.39 is 0 Å². The Morgan fingerprint density at radius 3 is 2.19 bits per heavy atom. The number of carbonyl (C=O) groups is 2. The number of hydrogen-bond donors (Lipinski definition) is 1. The highest BCUT2D eigenvalue weighted by Crippen LogP contribution is 2.18. The molecule has 0 atom stereocenters. The average Bonchev–Trinajstić information content (AvgIpc) is 2.67. The molecule has 2 N–H and O–H groups in total. The number of amides is 2. The summed E-state index contributed by atoms with van der Waals surface area (Å²) in [6, 6.07) is 6.49. The van der Waals surface area contributed by atoms with Gasteiger partial charge < -0.3 is 20.4 Å². The summed E-state index contributed by atoms with van der Waals surface area (Å²) < 4.78 is 13.0. The van der Waals surface area contributed by atoms with Crippen molar-refractivity contribution < 1.29 is 14.0 Å². The SMILES string of the molecule is NC(=O)C1CCN(CCC(=O)N2CCN(c3ccc(F)cc3)CC2)CC1. The molecule has 2 heterocycles. The number of benzene rings is 1. The Balaban J connectivity index is 1.39. The predicted molar refractivity (Wildman–Crippen MR) is 98.2 cm³/mol. The van der Waals surface area contributed by atoms with Crippen molar-refractivity contribution in [3.05, 3.63) is 30.1 Å². The molecule has 2 aliphatic heterocycles. The second kappa shape index (κ2) is 8.49. The summed E-state index contributed by atoms with van der Waals surface area (Å²) in [4.78, 5) is 30.0. The zero-order valence-electron chi connectivity index (χ0n) is 15.1. The number of hydrogen-bond acceptors (Lipinski definition) is 4. The van der Waals surface area contributed by atoms with Gasteiger partial charge in [-0.1, -0.05) is 0 Å². The molecule has 7 heteroatoms. The van der Waals surface area contributed by atoms with Crippen molar-refractivity contribution in [1.82, 2.24) is 9.80 Å². The van der Waals surface area contributed by atoms with E-state index in [4.69, 9.17) is 5.73 Å². The first-order valence-electron chi connectivity index (χ1n) is 9.33. The second-order valence-corrected chi connectivity index (χ2v) is 7.11. The number of rotatable bonds is 5. The van der Waals surface area contributed by atoms with Crippen LogP contribution >= 0.6 is 0 Å². The topological polar surface area (TPSA) is 69.9 Å². The van der Waals surface area contributed by atoms with E-state index >= 15 is 0 Å². The van der Waals surface area contributed by atoms with Crippen LogP contribution in [0.2, 0.25) is 0 Å². The van der Waals surface area contributed by atoms with Crippen LogP contribution in [0, 0.1) is 11.7 Å². The minimum atomic E-state index is -0.234. The summed E-state index contributed by atoms with van der Waals surface area (Å²) in [5.74, 6) is -0.274. The van der Waals surface area contributed by atoms with E-state index in [9.17, 15) is 14.0 Å². The van der Waals surface area contributed by atoms with Gasteiger partial charge in [0.25, 0.3) is 0 Å². The van der Waals surface area contributed by atoms with E-state index in [2.05, 4.69) is 9.80 Å². The molecule has 0 aromatic heterocycles. The van der Waals surface area contributed by atoms with E-state index in [1.165, 1.54) is 12.1 Å². The van der Waals surface area contributed by atoms with Crippen LogP contribution in [0.25, 0.3) is 0 Å². The molecule has 6 nitrogen and oxygen atoms in total. The van der Waals surface area contributed by atoms with Gasteiger partial charge in [-0.25, -0.2) is 4.39 Å². The summed E-state index contributed by atoms with van der Waals surface area (Å²) in [6.45, 7) is 5.32. The van der Waals surface area contributed by atoms with Crippen LogP contribution < -0.4 is 10.6 Å². The lowest BCUT2D eigenvalue weighted by Gasteiger charge is -2.37. The quantitative estimate of drug-likeness (QED) is 0.850. The number of piperazine rings is 1. The summed E-state index contributed by atoms with van der Waals surface area (Å²) in [6.07, 6.45) is 2.09. The van der Waals surface area contributed by atoms with E-state index in [0.717, 1.165) is 51.3 Å². The van der Waals surface area contributed by atoms with Gasteiger partial charge in [0.15, 0.2) is 0 Å². The van der Waals surface area contributed by atoms with E-state index in [-0.39, 0.29) is 23.5 Å². The Kier molecular flexibility index (Phi) is 6.08. The standard InChI is InChI=1S/C19H27FN4O2/c20-16-1-3-17(4-2-16)23-11-13-24(14-12-23)18(25)7-10-22-8-5-15(6-9-22)19(21)26/h1-4,15H,5-14H2,(H2,21,26). The van der Waals surface area contributed by atoms with Gasteiger partial charge in [0.1, 0.15) is 5.82 Å². The van der Waals surface area contributed by atoms with Gasteiger partial charge in [0, 0.05) is 50.7 Å². The van der Waals surface area contributed by atoms with Gasteiger partial charge in [-0.2, -0.15) is 0 Å². The van der Waals surface area contributed by atoms with E-state index in [1.54, 1.807) is 12.1 Å². The van der Waals surface area contributed by atoms with Crippen LogP contribution in [0.4, 0.5) is 10.1 Å². The third-order valence-corrected chi connectivity index (χ3v) is 5.46. The maximum atomic E-state index is 13.0. The van der Waals surface area contributed by atoms with Crippen molar-refractivity contribution in [3.8, 4) is 0 Å². The van der Waals surface area contributed by atoms with Crippen molar-refractivity contribution in [1.29, 1.82) is 0 Å². The first-order valence-corrected chi connectivity index (χ1v) is 9.33. The summed E-state index contributed by atoms with van der Waals surface area (Å²) >= 11 is 0. The van der Waals surface area contributed by atoms with Gasteiger partial charge in [0.2, 0.25) is 11.8 Å². The minimum absolute atomic E-state index is 0.0125. The summed E-state index contributed by atoms with van der Waals surface area (Å²) in [5, 5.41) is 0. The zero-order chi connectivity index (χ0) is 18.5. The second-order valence-electron chi connectivity index (χ2n) is 7.11. The van der Waals surface area contributed by atoms with E-state index in [1.807, 2.05) is 4.90 Å². The number of nitrogens with zero attached hydrogens (tertiary/aromatic N) is 3. The molecule has 0 bridgehead atoms. The van der Waals surface area contributed by atoms with Crippen molar-refractivity contribution in [2.24, 2.45) is 11.7 Å². The van der Waals surface area contributed by atoms with Crippen LogP contribution in [0.15, 0.2) is 24.3 Å². The number of nitrogens with two attached hydrogens (primary N) is 1. The van der Waals surface area contributed by atoms with Crippen LogP contribution in [-0.2, 0) is 9.59 Å². The van der Waals surface area contributed by atoms with Gasteiger partial charge in [-0.15, -0.1) is 0 Å². The zero-order valence-corrected chi connectivity index (χ0v) is 15.1. The molecule has 0 spiro atoms. The fourth-order valence-electron chi connectivity index (χ4n) is 3.72. The minimum Gasteiger partial charge on any atom is -0.369 e. The Labute approximate surface area is 153 Å². The Bertz CT molecular complexity index is 621. The van der Waals surface area contributed by atoms with Crippen molar-refractivity contribution >= 4 is 17.5 Å². The van der Waals surface area contributed by atoms with Gasteiger partial charge in [-0.05, 0) is 50.2 Å². The molecule has 0 radical (unpaired) electrons. The molecule has 0 unspecified atom stereocenters. The van der Waals surface area contributed by atoms with Crippen molar-refractivity contribution in [2.45, 2.75) is 19.3 Å². The first-order chi connectivity index (χ1) is 12.5. The van der Waals surface area contributed by atoms with Crippen molar-refractivity contribution in [3.63, 3.8) is 0 Å². The molecule has 26 heavy (non-hydrogen) atoms. The molecule has 0 saturated carbocycles. The summed E-state index contributed by atoms with van der Waals surface area (Å²) in [5.41, 5.74) is 6.35. The van der Waals surface area contributed by atoms with E-state index in [0.29, 0.717) is 19.5 Å². The third kappa shape index (κ3) is 4.72. The molecule has 2 aliphatic rings. The normalized spacial score (nSPS) is 19.6. The van der Waals surface area contributed by atoms with Gasteiger partial charge in [-0.3, -0.25) is 9.59 Å². The highest BCUT2D eigenvalue weighted by atomic mass is 19.1. The lowest BCUT2D eigenvalue weighted by molar-refractivity contribution is -0.132. The fraction of sp³-hybridized carbons (Fsp3) is 0.579. The molecule has 2 saturated heterocycles. The van der Waals surface area contributed by atoms with Gasteiger partial charge in [0.05, 0.1) is 0 Å². The number of halogens is 1. The maximum Gasteiger partial charge on any atom is 0.223 e. The maximum absolute atomic E-state index is 13.0. The lowest BCUT2D eigenvalue weighted by Crippen LogP contribution is -2.49.